The maximum absolute atomic E-state index is 5.02. The van der Waals surface area contributed by atoms with Crippen LogP contribution < -0.4 is 5.32 Å². The normalized spacial score (nSPS) is 28.1. The van der Waals surface area contributed by atoms with Crippen LogP contribution in [0.25, 0.3) is 0 Å². The first-order valence-corrected chi connectivity index (χ1v) is 5.11. The topological polar surface area (TPSA) is 25.2 Å². The molecule has 72 valence electrons. The van der Waals surface area contributed by atoms with Crippen molar-refractivity contribution in [3.05, 3.63) is 24.2 Å². The first-order valence-electron chi connectivity index (χ1n) is 5.11. The molecule has 1 aromatic rings. The molecule has 13 heavy (non-hydrogen) atoms. The van der Waals surface area contributed by atoms with Gasteiger partial charge >= 0.3 is 0 Å². The van der Waals surface area contributed by atoms with Gasteiger partial charge in [-0.05, 0) is 24.8 Å². The summed E-state index contributed by atoms with van der Waals surface area (Å²) < 4.78 is 5.02. The highest BCUT2D eigenvalue weighted by Crippen LogP contribution is 2.24. The van der Waals surface area contributed by atoms with Gasteiger partial charge in [-0.1, -0.05) is 13.3 Å². The lowest BCUT2D eigenvalue weighted by molar-refractivity contribution is 0.425. The van der Waals surface area contributed by atoms with Gasteiger partial charge in [0, 0.05) is 18.2 Å². The fourth-order valence-electron chi connectivity index (χ4n) is 2.09. The summed E-state index contributed by atoms with van der Waals surface area (Å²) in [5.74, 6) is 0.840. The van der Waals surface area contributed by atoms with E-state index in [0.717, 1.165) is 18.5 Å². The summed E-state index contributed by atoms with van der Waals surface area (Å²) >= 11 is 0. The van der Waals surface area contributed by atoms with Gasteiger partial charge in [-0.15, -0.1) is 0 Å². The summed E-state index contributed by atoms with van der Waals surface area (Å²) in [5.41, 5.74) is 1.25. The van der Waals surface area contributed by atoms with Gasteiger partial charge in [0.25, 0.3) is 0 Å². The molecule has 1 aromatic heterocycles. The molecule has 2 nitrogen and oxygen atoms in total. The zero-order chi connectivity index (χ0) is 9.10. The minimum Gasteiger partial charge on any atom is -0.472 e. The predicted octanol–water partition coefficient (Wildman–Crippen LogP) is 2.56. The van der Waals surface area contributed by atoms with Crippen LogP contribution in [0.4, 0.5) is 0 Å². The van der Waals surface area contributed by atoms with Crippen molar-refractivity contribution in [1.82, 2.24) is 5.32 Å². The van der Waals surface area contributed by atoms with Crippen LogP contribution in [0.5, 0.6) is 0 Å². The Hall–Kier alpha value is -0.760. The van der Waals surface area contributed by atoms with Crippen molar-refractivity contribution in [3.8, 4) is 0 Å². The van der Waals surface area contributed by atoms with Crippen molar-refractivity contribution in [3.63, 3.8) is 0 Å². The second kappa shape index (κ2) is 3.97. The van der Waals surface area contributed by atoms with Crippen molar-refractivity contribution < 1.29 is 4.42 Å². The summed E-state index contributed by atoms with van der Waals surface area (Å²) in [6.07, 6.45) is 7.63. The quantitative estimate of drug-likeness (QED) is 0.771. The molecule has 0 radical (unpaired) electrons. The molecule has 0 aliphatic heterocycles. The SMILES string of the molecule is CC1CCCC1NCc1ccoc1. The lowest BCUT2D eigenvalue weighted by atomic mass is 10.1. The summed E-state index contributed by atoms with van der Waals surface area (Å²) in [7, 11) is 0. The monoisotopic (exact) mass is 179 g/mol. The molecule has 0 amide bonds. The summed E-state index contributed by atoms with van der Waals surface area (Å²) in [6, 6.07) is 2.74. The van der Waals surface area contributed by atoms with Gasteiger partial charge in [-0.25, -0.2) is 0 Å². The Labute approximate surface area is 79.3 Å². The number of rotatable bonds is 3. The van der Waals surface area contributed by atoms with Crippen LogP contribution in [-0.2, 0) is 6.54 Å². The van der Waals surface area contributed by atoms with Crippen LogP contribution in [0.3, 0.4) is 0 Å². The van der Waals surface area contributed by atoms with E-state index in [1.807, 2.05) is 12.3 Å². The number of hydrogen-bond donors (Lipinski definition) is 1. The van der Waals surface area contributed by atoms with Crippen molar-refractivity contribution >= 4 is 0 Å². The molecule has 2 rings (SSSR count). The summed E-state index contributed by atoms with van der Waals surface area (Å²) in [4.78, 5) is 0. The Kier molecular flexibility index (Phi) is 2.69. The van der Waals surface area contributed by atoms with Gasteiger partial charge in [0.15, 0.2) is 0 Å². The molecule has 0 spiro atoms. The van der Waals surface area contributed by atoms with Gasteiger partial charge in [0.05, 0.1) is 12.5 Å². The van der Waals surface area contributed by atoms with Gasteiger partial charge in [0.1, 0.15) is 0 Å². The third kappa shape index (κ3) is 2.13. The molecule has 1 fully saturated rings. The van der Waals surface area contributed by atoms with Gasteiger partial charge in [0.2, 0.25) is 0 Å². The average molecular weight is 179 g/mol. The van der Waals surface area contributed by atoms with Crippen molar-refractivity contribution in [1.29, 1.82) is 0 Å². The molecule has 2 atom stereocenters. The third-order valence-electron chi connectivity index (χ3n) is 3.01. The maximum Gasteiger partial charge on any atom is 0.0947 e. The first-order chi connectivity index (χ1) is 6.36. The van der Waals surface area contributed by atoms with E-state index >= 15 is 0 Å². The lowest BCUT2D eigenvalue weighted by Crippen LogP contribution is -2.30. The Morgan fingerprint density at radius 2 is 2.46 bits per heavy atom. The van der Waals surface area contributed by atoms with Crippen LogP contribution in [0, 0.1) is 5.92 Å². The van der Waals surface area contributed by atoms with E-state index in [-0.39, 0.29) is 0 Å². The zero-order valence-corrected chi connectivity index (χ0v) is 8.12. The second-order valence-electron chi connectivity index (χ2n) is 4.03. The Morgan fingerprint density at radius 3 is 3.08 bits per heavy atom. The number of hydrogen-bond acceptors (Lipinski definition) is 2. The molecule has 2 unspecified atom stereocenters. The smallest absolute Gasteiger partial charge is 0.0947 e. The molecule has 1 N–H and O–H groups in total. The van der Waals surface area contributed by atoms with E-state index in [1.165, 1.54) is 24.8 Å². The van der Waals surface area contributed by atoms with Gasteiger partial charge in [-0.3, -0.25) is 0 Å². The van der Waals surface area contributed by atoms with Crippen LogP contribution in [-0.4, -0.2) is 6.04 Å². The molecular weight excluding hydrogens is 162 g/mol. The number of nitrogens with one attached hydrogen (secondary N) is 1. The van der Waals surface area contributed by atoms with E-state index in [1.54, 1.807) is 6.26 Å². The van der Waals surface area contributed by atoms with Crippen LogP contribution in [0.1, 0.15) is 31.7 Å². The highest BCUT2D eigenvalue weighted by Gasteiger charge is 2.22. The fraction of sp³-hybridized carbons (Fsp3) is 0.636. The fourth-order valence-corrected chi connectivity index (χ4v) is 2.09. The van der Waals surface area contributed by atoms with E-state index < -0.39 is 0 Å². The molecular formula is C11H17NO. The molecule has 0 saturated heterocycles. The highest BCUT2D eigenvalue weighted by atomic mass is 16.3. The Morgan fingerprint density at radius 1 is 1.54 bits per heavy atom. The van der Waals surface area contributed by atoms with E-state index in [9.17, 15) is 0 Å². The summed E-state index contributed by atoms with van der Waals surface area (Å²) in [5, 5.41) is 3.57. The van der Waals surface area contributed by atoms with Crippen molar-refractivity contribution in [2.75, 3.05) is 0 Å². The molecule has 1 saturated carbocycles. The lowest BCUT2D eigenvalue weighted by Gasteiger charge is -2.16. The van der Waals surface area contributed by atoms with E-state index in [0.29, 0.717) is 0 Å². The Balaban J connectivity index is 1.79. The Bertz CT molecular complexity index is 243. The molecule has 1 heterocycles. The van der Waals surface area contributed by atoms with Crippen molar-refractivity contribution in [2.45, 2.75) is 38.8 Å². The highest BCUT2D eigenvalue weighted by molar-refractivity contribution is 5.05. The van der Waals surface area contributed by atoms with Crippen LogP contribution in [0.15, 0.2) is 23.0 Å². The van der Waals surface area contributed by atoms with E-state index in [4.69, 9.17) is 4.42 Å². The average Bonchev–Trinajstić information content (AvgIpc) is 2.72. The largest absolute Gasteiger partial charge is 0.472 e. The number of furan rings is 1. The van der Waals surface area contributed by atoms with Gasteiger partial charge < -0.3 is 9.73 Å². The van der Waals surface area contributed by atoms with Crippen LogP contribution >= 0.6 is 0 Å². The maximum atomic E-state index is 5.02. The summed E-state index contributed by atoms with van der Waals surface area (Å²) in [6.45, 7) is 3.28. The molecule has 1 aliphatic rings. The zero-order valence-electron chi connectivity index (χ0n) is 8.12. The molecule has 0 bridgehead atoms. The second-order valence-corrected chi connectivity index (χ2v) is 4.03. The molecule has 0 aromatic carbocycles. The minimum atomic E-state index is 0.717. The van der Waals surface area contributed by atoms with Crippen molar-refractivity contribution in [2.24, 2.45) is 5.92 Å². The molecule has 2 heteroatoms. The third-order valence-corrected chi connectivity index (χ3v) is 3.01. The van der Waals surface area contributed by atoms with Crippen LogP contribution in [0.2, 0.25) is 0 Å². The predicted molar refractivity (Wildman–Crippen MR) is 52.4 cm³/mol. The minimum absolute atomic E-state index is 0.717. The van der Waals surface area contributed by atoms with E-state index in [2.05, 4.69) is 12.2 Å². The molecule has 1 aliphatic carbocycles. The van der Waals surface area contributed by atoms with Gasteiger partial charge in [-0.2, -0.15) is 0 Å². The standard InChI is InChI=1S/C11H17NO/c1-9-3-2-4-11(9)12-7-10-5-6-13-8-10/h5-6,8-9,11-12H,2-4,7H2,1H3. The first kappa shape index (κ1) is 8.82.